The fraction of sp³-hybridized carbons (Fsp3) is 0.333. The molecule has 0 radical (unpaired) electrons. The minimum absolute atomic E-state index is 0.0154. The standard InChI is InChI=1S/C24H26N2O3/c1-29-20-12-6-5-11-18(20)22(26-24(28)17-8-3-2-4-9-17)19-14-13-16-10-7-15-25-21(16)23(19)27/h5-7,10-15,17,22,27H,2-4,8-9H2,1H3,(H,26,28)/t22-/m1/s1. The van der Waals surface area contributed by atoms with Crippen molar-refractivity contribution in [1.82, 2.24) is 10.3 Å². The average molecular weight is 390 g/mol. The highest BCUT2D eigenvalue weighted by Gasteiger charge is 2.28. The summed E-state index contributed by atoms with van der Waals surface area (Å²) in [6.45, 7) is 0. The maximum Gasteiger partial charge on any atom is 0.223 e. The van der Waals surface area contributed by atoms with E-state index in [-0.39, 0.29) is 17.6 Å². The molecule has 3 aromatic rings. The van der Waals surface area contributed by atoms with Gasteiger partial charge in [-0.05, 0) is 25.0 Å². The van der Waals surface area contributed by atoms with Crippen LogP contribution in [-0.4, -0.2) is 23.1 Å². The van der Waals surface area contributed by atoms with Gasteiger partial charge in [0.2, 0.25) is 5.91 Å². The number of carbonyl (C=O) groups is 1. The van der Waals surface area contributed by atoms with E-state index < -0.39 is 6.04 Å². The zero-order valence-electron chi connectivity index (χ0n) is 16.6. The van der Waals surface area contributed by atoms with Crippen LogP contribution in [0.4, 0.5) is 0 Å². The molecule has 1 heterocycles. The number of phenolic OH excluding ortho intramolecular Hbond substituents is 1. The van der Waals surface area contributed by atoms with Gasteiger partial charge in [-0.25, -0.2) is 0 Å². The van der Waals surface area contributed by atoms with Crippen LogP contribution in [0.25, 0.3) is 10.9 Å². The van der Waals surface area contributed by atoms with Crippen molar-refractivity contribution in [3.05, 3.63) is 65.9 Å². The molecule has 2 N–H and O–H groups in total. The molecule has 5 nitrogen and oxygen atoms in total. The van der Waals surface area contributed by atoms with Crippen LogP contribution in [0, 0.1) is 5.92 Å². The zero-order valence-corrected chi connectivity index (χ0v) is 16.6. The Morgan fingerprint density at radius 2 is 1.86 bits per heavy atom. The average Bonchev–Trinajstić information content (AvgIpc) is 2.79. The smallest absolute Gasteiger partial charge is 0.223 e. The third-order valence-electron chi connectivity index (χ3n) is 5.80. The molecule has 150 valence electrons. The summed E-state index contributed by atoms with van der Waals surface area (Å²) in [5.74, 6) is 0.799. The van der Waals surface area contributed by atoms with Crippen molar-refractivity contribution >= 4 is 16.8 Å². The number of methoxy groups -OCH3 is 1. The van der Waals surface area contributed by atoms with Crippen molar-refractivity contribution in [2.24, 2.45) is 5.92 Å². The summed E-state index contributed by atoms with van der Waals surface area (Å²) < 4.78 is 5.55. The summed E-state index contributed by atoms with van der Waals surface area (Å²) >= 11 is 0. The Morgan fingerprint density at radius 3 is 2.66 bits per heavy atom. The summed E-state index contributed by atoms with van der Waals surface area (Å²) in [6.07, 6.45) is 6.85. The molecule has 1 aliphatic rings. The molecule has 0 saturated heterocycles. The first-order chi connectivity index (χ1) is 14.2. The Kier molecular flexibility index (Phi) is 5.65. The Labute approximate surface area is 170 Å². The topological polar surface area (TPSA) is 71.5 Å². The number of fused-ring (bicyclic) bond motifs is 1. The number of phenols is 1. The van der Waals surface area contributed by atoms with Gasteiger partial charge in [0, 0.05) is 28.6 Å². The molecule has 1 aliphatic carbocycles. The highest BCUT2D eigenvalue weighted by atomic mass is 16.5. The predicted octanol–water partition coefficient (Wildman–Crippen LogP) is 4.73. The van der Waals surface area contributed by atoms with E-state index >= 15 is 0 Å². The van der Waals surface area contributed by atoms with E-state index in [0.717, 1.165) is 36.6 Å². The van der Waals surface area contributed by atoms with Gasteiger partial charge >= 0.3 is 0 Å². The largest absolute Gasteiger partial charge is 0.505 e. The first kappa shape index (κ1) is 19.2. The Balaban J connectivity index is 1.78. The number of pyridine rings is 1. The van der Waals surface area contributed by atoms with Gasteiger partial charge in [0.25, 0.3) is 0 Å². The van der Waals surface area contributed by atoms with Crippen molar-refractivity contribution in [2.45, 2.75) is 38.1 Å². The molecule has 5 heteroatoms. The van der Waals surface area contributed by atoms with Crippen LogP contribution in [-0.2, 0) is 4.79 Å². The van der Waals surface area contributed by atoms with E-state index in [0.29, 0.717) is 16.8 Å². The molecule has 1 fully saturated rings. The van der Waals surface area contributed by atoms with E-state index in [4.69, 9.17) is 4.74 Å². The number of hydrogen-bond donors (Lipinski definition) is 2. The van der Waals surface area contributed by atoms with E-state index in [1.165, 1.54) is 6.42 Å². The predicted molar refractivity (Wildman–Crippen MR) is 113 cm³/mol. The fourth-order valence-electron chi connectivity index (χ4n) is 4.23. The number of benzene rings is 2. The van der Waals surface area contributed by atoms with Crippen LogP contribution < -0.4 is 10.1 Å². The van der Waals surface area contributed by atoms with E-state index in [2.05, 4.69) is 10.3 Å². The Hall–Kier alpha value is -3.08. The first-order valence-electron chi connectivity index (χ1n) is 10.2. The molecule has 1 atom stereocenters. The van der Waals surface area contributed by atoms with Gasteiger partial charge in [0.15, 0.2) is 0 Å². The number of ether oxygens (including phenoxy) is 1. The van der Waals surface area contributed by atoms with Gasteiger partial charge in [-0.1, -0.05) is 55.7 Å². The molecule has 1 amide bonds. The molecule has 1 saturated carbocycles. The SMILES string of the molecule is COc1ccccc1[C@@H](NC(=O)C1CCCCC1)c1ccc2cccnc2c1O. The third kappa shape index (κ3) is 3.90. The number of hydrogen-bond acceptors (Lipinski definition) is 4. The van der Waals surface area contributed by atoms with Crippen LogP contribution in [0.2, 0.25) is 0 Å². The maximum atomic E-state index is 13.1. The van der Waals surface area contributed by atoms with Crippen LogP contribution in [0.1, 0.15) is 49.3 Å². The minimum atomic E-state index is -0.521. The summed E-state index contributed by atoms with van der Waals surface area (Å²) in [5.41, 5.74) is 1.95. The number of carbonyl (C=O) groups excluding carboxylic acids is 1. The number of nitrogens with one attached hydrogen (secondary N) is 1. The quantitative estimate of drug-likeness (QED) is 0.660. The molecule has 0 bridgehead atoms. The monoisotopic (exact) mass is 390 g/mol. The fourth-order valence-corrected chi connectivity index (χ4v) is 4.23. The van der Waals surface area contributed by atoms with Gasteiger partial charge < -0.3 is 15.2 Å². The van der Waals surface area contributed by atoms with Crippen molar-refractivity contribution < 1.29 is 14.6 Å². The molecule has 29 heavy (non-hydrogen) atoms. The lowest BCUT2D eigenvalue weighted by Gasteiger charge is -2.27. The first-order valence-corrected chi connectivity index (χ1v) is 10.2. The van der Waals surface area contributed by atoms with Crippen molar-refractivity contribution in [2.75, 3.05) is 7.11 Å². The maximum absolute atomic E-state index is 13.1. The van der Waals surface area contributed by atoms with Gasteiger partial charge in [-0.2, -0.15) is 0 Å². The van der Waals surface area contributed by atoms with Gasteiger partial charge in [0.1, 0.15) is 17.0 Å². The van der Waals surface area contributed by atoms with Crippen LogP contribution in [0.3, 0.4) is 0 Å². The number of aromatic hydroxyl groups is 1. The molecule has 1 aromatic heterocycles. The Bertz CT molecular complexity index is 1010. The molecule has 0 unspecified atom stereocenters. The summed E-state index contributed by atoms with van der Waals surface area (Å²) in [6, 6.07) is 14.6. The molecular formula is C24H26N2O3. The van der Waals surface area contributed by atoms with E-state index in [9.17, 15) is 9.90 Å². The lowest BCUT2D eigenvalue weighted by molar-refractivity contribution is -0.126. The lowest BCUT2D eigenvalue weighted by Crippen LogP contribution is -2.35. The summed E-state index contributed by atoms with van der Waals surface area (Å²) in [5, 5.41) is 15.1. The zero-order chi connectivity index (χ0) is 20.2. The highest BCUT2D eigenvalue weighted by Crippen LogP contribution is 2.38. The van der Waals surface area contributed by atoms with Crippen LogP contribution in [0.15, 0.2) is 54.7 Å². The number of rotatable bonds is 5. The number of amides is 1. The van der Waals surface area contributed by atoms with E-state index in [1.54, 1.807) is 13.3 Å². The van der Waals surface area contributed by atoms with E-state index in [1.807, 2.05) is 48.5 Å². The van der Waals surface area contributed by atoms with Gasteiger partial charge in [-0.15, -0.1) is 0 Å². The minimum Gasteiger partial charge on any atom is -0.505 e. The normalized spacial score (nSPS) is 15.8. The number of para-hydroxylation sites is 1. The van der Waals surface area contributed by atoms with Crippen molar-refractivity contribution in [3.8, 4) is 11.5 Å². The third-order valence-corrected chi connectivity index (χ3v) is 5.80. The second kappa shape index (κ2) is 8.52. The van der Waals surface area contributed by atoms with Crippen LogP contribution in [0.5, 0.6) is 11.5 Å². The molecule has 0 spiro atoms. The molecule has 2 aromatic carbocycles. The second-order valence-electron chi connectivity index (χ2n) is 7.60. The van der Waals surface area contributed by atoms with Crippen molar-refractivity contribution in [3.63, 3.8) is 0 Å². The molecule has 0 aliphatic heterocycles. The summed E-state index contributed by atoms with van der Waals surface area (Å²) in [4.78, 5) is 17.4. The lowest BCUT2D eigenvalue weighted by atomic mass is 9.87. The van der Waals surface area contributed by atoms with Crippen molar-refractivity contribution in [1.29, 1.82) is 0 Å². The second-order valence-corrected chi connectivity index (χ2v) is 7.60. The molecule has 4 rings (SSSR count). The summed E-state index contributed by atoms with van der Waals surface area (Å²) in [7, 11) is 1.61. The van der Waals surface area contributed by atoms with Gasteiger partial charge in [-0.3, -0.25) is 9.78 Å². The van der Waals surface area contributed by atoms with Gasteiger partial charge in [0.05, 0.1) is 13.2 Å². The molecular weight excluding hydrogens is 364 g/mol. The highest BCUT2D eigenvalue weighted by molar-refractivity contribution is 5.86. The number of aromatic nitrogens is 1. The Morgan fingerprint density at radius 1 is 1.07 bits per heavy atom. The van der Waals surface area contributed by atoms with Crippen LogP contribution >= 0.6 is 0 Å². The number of nitrogens with zero attached hydrogens (tertiary/aromatic N) is 1.